The van der Waals surface area contributed by atoms with Crippen molar-refractivity contribution >= 4 is 55.6 Å². The predicted molar refractivity (Wildman–Crippen MR) is 87.8 cm³/mol. The molecule has 0 radical (unpaired) electrons. The molecule has 0 saturated carbocycles. The number of hydrogen-bond donors (Lipinski definition) is 2. The monoisotopic (exact) mass is 327 g/mol. The van der Waals surface area contributed by atoms with Gasteiger partial charge in [0.05, 0.1) is 15.8 Å². The second-order valence-corrected chi connectivity index (χ2v) is 6.42. The van der Waals surface area contributed by atoms with Crippen LogP contribution in [0.5, 0.6) is 0 Å². The Bertz CT molecular complexity index is 625. The highest BCUT2D eigenvalue weighted by Gasteiger charge is 2.15. The molecule has 106 valence electrons. The van der Waals surface area contributed by atoms with E-state index in [1.54, 1.807) is 0 Å². The number of benzene rings is 1. The summed E-state index contributed by atoms with van der Waals surface area (Å²) in [5.41, 5.74) is 0.809. The van der Waals surface area contributed by atoms with Crippen molar-refractivity contribution in [2.45, 2.75) is 18.9 Å². The van der Waals surface area contributed by atoms with Gasteiger partial charge < -0.3 is 15.4 Å². The Morgan fingerprint density at radius 2 is 2.45 bits per heavy atom. The molecule has 4 nitrogen and oxygen atoms in total. The van der Waals surface area contributed by atoms with Crippen LogP contribution in [0, 0.1) is 0 Å². The summed E-state index contributed by atoms with van der Waals surface area (Å²) in [6, 6.07) is 5.74. The average molecular weight is 328 g/mol. The summed E-state index contributed by atoms with van der Waals surface area (Å²) in [7, 11) is 0. The van der Waals surface area contributed by atoms with Crippen LogP contribution < -0.4 is 10.6 Å². The fourth-order valence-corrected chi connectivity index (χ4v) is 3.54. The highest BCUT2D eigenvalue weighted by Crippen LogP contribution is 2.30. The summed E-state index contributed by atoms with van der Waals surface area (Å²) in [6.07, 6.45) is 2.48. The first-order valence-electron chi connectivity index (χ1n) is 6.44. The van der Waals surface area contributed by atoms with Crippen LogP contribution >= 0.6 is 35.2 Å². The number of ether oxygens (including phenoxy) is 1. The van der Waals surface area contributed by atoms with Gasteiger partial charge in [0.2, 0.25) is 0 Å². The Labute approximate surface area is 131 Å². The molecular formula is C13H14ClN3OS2. The van der Waals surface area contributed by atoms with E-state index in [4.69, 9.17) is 28.6 Å². The minimum atomic E-state index is 0.263. The predicted octanol–water partition coefficient (Wildman–Crippen LogP) is 3.42. The van der Waals surface area contributed by atoms with Gasteiger partial charge >= 0.3 is 0 Å². The molecule has 1 aromatic carbocycles. The van der Waals surface area contributed by atoms with Crippen LogP contribution in [-0.4, -0.2) is 29.4 Å². The lowest BCUT2D eigenvalue weighted by atomic mass is 10.2. The number of nitrogens with one attached hydrogen (secondary N) is 2. The lowest BCUT2D eigenvalue weighted by Gasteiger charge is -2.12. The van der Waals surface area contributed by atoms with Crippen LogP contribution in [0.4, 0.5) is 5.13 Å². The van der Waals surface area contributed by atoms with Crippen molar-refractivity contribution < 1.29 is 4.74 Å². The first-order chi connectivity index (χ1) is 9.72. The topological polar surface area (TPSA) is 46.2 Å². The van der Waals surface area contributed by atoms with Crippen molar-refractivity contribution in [2.75, 3.05) is 18.5 Å². The molecule has 1 atom stereocenters. The maximum Gasteiger partial charge on any atom is 0.190 e. The van der Waals surface area contributed by atoms with E-state index in [9.17, 15) is 0 Å². The van der Waals surface area contributed by atoms with Crippen molar-refractivity contribution in [3.05, 3.63) is 23.2 Å². The van der Waals surface area contributed by atoms with Gasteiger partial charge in [-0.2, -0.15) is 0 Å². The average Bonchev–Trinajstić information content (AvgIpc) is 3.05. The Balaban J connectivity index is 1.60. The fraction of sp³-hybridized carbons (Fsp3) is 0.385. The number of aromatic nitrogens is 1. The molecule has 1 aromatic heterocycles. The Hall–Kier alpha value is -0.950. The van der Waals surface area contributed by atoms with Crippen LogP contribution in [0.2, 0.25) is 5.02 Å². The highest BCUT2D eigenvalue weighted by atomic mass is 35.5. The number of rotatable bonds is 3. The van der Waals surface area contributed by atoms with Crippen molar-refractivity contribution in [3.8, 4) is 0 Å². The third-order valence-electron chi connectivity index (χ3n) is 3.10. The molecule has 0 aliphatic carbocycles. The maximum absolute atomic E-state index is 6.11. The number of thiazole rings is 1. The summed E-state index contributed by atoms with van der Waals surface area (Å²) in [4.78, 5) is 4.45. The fourth-order valence-electron chi connectivity index (χ4n) is 2.12. The van der Waals surface area contributed by atoms with Gasteiger partial charge in [-0.25, -0.2) is 4.98 Å². The quantitative estimate of drug-likeness (QED) is 0.846. The van der Waals surface area contributed by atoms with E-state index in [0.717, 1.165) is 41.3 Å². The van der Waals surface area contributed by atoms with E-state index in [2.05, 4.69) is 15.6 Å². The van der Waals surface area contributed by atoms with E-state index < -0.39 is 0 Å². The molecule has 2 N–H and O–H groups in total. The number of halogens is 1. The van der Waals surface area contributed by atoms with Gasteiger partial charge in [-0.3, -0.25) is 0 Å². The standard InChI is InChI=1S/C13H14ClN3OS2/c14-9-4-1-5-10-11(9)16-13(20-10)17-12(19)15-7-8-3-2-6-18-8/h1,4-5,8H,2-3,6-7H2,(H2,15,16,17,19). The molecule has 0 amide bonds. The normalized spacial score (nSPS) is 18.4. The van der Waals surface area contributed by atoms with Crippen LogP contribution in [0.1, 0.15) is 12.8 Å². The Morgan fingerprint density at radius 1 is 1.55 bits per heavy atom. The van der Waals surface area contributed by atoms with Crippen molar-refractivity contribution in [3.63, 3.8) is 0 Å². The number of thiocarbonyl (C=S) groups is 1. The van der Waals surface area contributed by atoms with E-state index in [0.29, 0.717) is 10.1 Å². The van der Waals surface area contributed by atoms with Gasteiger partial charge in [0.25, 0.3) is 0 Å². The molecule has 1 fully saturated rings. The lowest BCUT2D eigenvalue weighted by molar-refractivity contribution is 0.114. The Morgan fingerprint density at radius 3 is 3.20 bits per heavy atom. The Kier molecular flexibility index (Phi) is 4.35. The summed E-state index contributed by atoms with van der Waals surface area (Å²) < 4.78 is 6.58. The number of hydrogen-bond acceptors (Lipinski definition) is 4. The smallest absolute Gasteiger partial charge is 0.190 e. The zero-order valence-electron chi connectivity index (χ0n) is 10.7. The molecular weight excluding hydrogens is 314 g/mol. The second kappa shape index (κ2) is 6.22. The molecule has 20 heavy (non-hydrogen) atoms. The molecule has 1 saturated heterocycles. The van der Waals surface area contributed by atoms with Gasteiger partial charge in [0.1, 0.15) is 5.52 Å². The van der Waals surface area contributed by atoms with Crippen LogP contribution in [0.15, 0.2) is 18.2 Å². The first kappa shape index (κ1) is 14.0. The van der Waals surface area contributed by atoms with Crippen LogP contribution in [-0.2, 0) is 4.74 Å². The van der Waals surface area contributed by atoms with Crippen molar-refractivity contribution in [1.29, 1.82) is 0 Å². The lowest BCUT2D eigenvalue weighted by Crippen LogP contribution is -2.34. The third-order valence-corrected chi connectivity index (χ3v) is 4.59. The highest BCUT2D eigenvalue weighted by molar-refractivity contribution is 7.80. The molecule has 0 bridgehead atoms. The van der Waals surface area contributed by atoms with Gasteiger partial charge in [-0.15, -0.1) is 0 Å². The summed E-state index contributed by atoms with van der Waals surface area (Å²) in [6.45, 7) is 1.58. The second-order valence-electron chi connectivity index (χ2n) is 4.58. The molecule has 0 spiro atoms. The first-order valence-corrected chi connectivity index (χ1v) is 8.04. The molecule has 1 aliphatic rings. The molecule has 7 heteroatoms. The van der Waals surface area contributed by atoms with Crippen LogP contribution in [0.3, 0.4) is 0 Å². The zero-order chi connectivity index (χ0) is 13.9. The zero-order valence-corrected chi connectivity index (χ0v) is 13.1. The minimum absolute atomic E-state index is 0.263. The van der Waals surface area contributed by atoms with E-state index in [1.807, 2.05) is 18.2 Å². The van der Waals surface area contributed by atoms with Gasteiger partial charge in [0.15, 0.2) is 10.2 Å². The number of para-hydroxylation sites is 1. The summed E-state index contributed by atoms with van der Waals surface area (Å²) >= 11 is 12.9. The largest absolute Gasteiger partial charge is 0.376 e. The van der Waals surface area contributed by atoms with E-state index in [1.165, 1.54) is 11.3 Å². The van der Waals surface area contributed by atoms with Gasteiger partial charge in [0, 0.05) is 13.2 Å². The molecule has 2 aromatic rings. The molecule has 2 heterocycles. The maximum atomic E-state index is 6.11. The molecule has 1 aliphatic heterocycles. The van der Waals surface area contributed by atoms with Crippen LogP contribution in [0.25, 0.3) is 10.2 Å². The SMILES string of the molecule is S=C(NCC1CCCO1)Nc1nc2c(Cl)cccc2s1. The number of nitrogens with zero attached hydrogens (tertiary/aromatic N) is 1. The number of anilines is 1. The molecule has 1 unspecified atom stereocenters. The summed E-state index contributed by atoms with van der Waals surface area (Å²) in [5.74, 6) is 0. The van der Waals surface area contributed by atoms with E-state index >= 15 is 0 Å². The van der Waals surface area contributed by atoms with Gasteiger partial charge in [-0.1, -0.05) is 29.0 Å². The number of fused-ring (bicyclic) bond motifs is 1. The van der Waals surface area contributed by atoms with Gasteiger partial charge in [-0.05, 0) is 37.2 Å². The van der Waals surface area contributed by atoms with Crippen molar-refractivity contribution in [1.82, 2.24) is 10.3 Å². The van der Waals surface area contributed by atoms with E-state index in [-0.39, 0.29) is 6.10 Å². The molecule has 3 rings (SSSR count). The van der Waals surface area contributed by atoms with Crippen molar-refractivity contribution in [2.24, 2.45) is 0 Å². The minimum Gasteiger partial charge on any atom is -0.376 e. The third kappa shape index (κ3) is 3.20. The summed E-state index contributed by atoms with van der Waals surface area (Å²) in [5, 5.41) is 8.23.